The number of H-pyrrole nitrogens is 1. The van der Waals surface area contributed by atoms with Crippen LogP contribution >= 0.6 is 0 Å². The standard InChI is InChI=1S/C26H36N6O4S/c1-4-36-22-17-20(37(34,35)31-14-8-13-30(3)15-16-31)11-12-21(22)23-28-24-18(2)27-25(32(24)26(33)29-23)19-9-6-5-7-10-19/h11-12,17,19H,4-10,13-16H2,1-3H3,(H,28,29,33). The Kier molecular flexibility index (Phi) is 7.37. The molecule has 3 aromatic rings. The predicted octanol–water partition coefficient (Wildman–Crippen LogP) is 3.17. The maximum Gasteiger partial charge on any atom is 0.334 e. The second-order valence-corrected chi connectivity index (χ2v) is 12.0. The smallest absolute Gasteiger partial charge is 0.334 e. The molecule has 11 heteroatoms. The highest BCUT2D eigenvalue weighted by Crippen LogP contribution is 2.34. The van der Waals surface area contributed by atoms with E-state index in [9.17, 15) is 13.2 Å². The fourth-order valence-electron chi connectivity index (χ4n) is 5.47. The first-order valence-electron chi connectivity index (χ1n) is 13.2. The van der Waals surface area contributed by atoms with Crippen LogP contribution in [0.3, 0.4) is 0 Å². The van der Waals surface area contributed by atoms with Gasteiger partial charge in [-0.15, -0.1) is 0 Å². The number of rotatable bonds is 6. The van der Waals surface area contributed by atoms with Gasteiger partial charge in [0.25, 0.3) is 0 Å². The van der Waals surface area contributed by atoms with E-state index in [-0.39, 0.29) is 16.5 Å². The van der Waals surface area contributed by atoms with Crippen molar-refractivity contribution in [2.75, 3.05) is 39.8 Å². The van der Waals surface area contributed by atoms with Crippen molar-refractivity contribution in [2.45, 2.75) is 63.2 Å². The minimum Gasteiger partial charge on any atom is -0.493 e. The van der Waals surface area contributed by atoms with E-state index in [0.29, 0.717) is 54.7 Å². The summed E-state index contributed by atoms with van der Waals surface area (Å²) in [6.45, 7) is 6.53. The first-order valence-corrected chi connectivity index (χ1v) is 14.7. The molecule has 1 aliphatic carbocycles. The molecule has 37 heavy (non-hydrogen) atoms. The van der Waals surface area contributed by atoms with Crippen LogP contribution < -0.4 is 10.4 Å². The average molecular weight is 529 g/mol. The van der Waals surface area contributed by atoms with Gasteiger partial charge in [0.1, 0.15) is 17.4 Å². The number of likely N-dealkylation sites (N-methyl/N-ethyl adjacent to an activating group) is 1. The largest absolute Gasteiger partial charge is 0.493 e. The van der Waals surface area contributed by atoms with Gasteiger partial charge in [-0.05, 0) is 58.8 Å². The average Bonchev–Trinajstić information content (AvgIpc) is 3.06. The Morgan fingerprint density at radius 2 is 1.84 bits per heavy atom. The lowest BCUT2D eigenvalue weighted by Crippen LogP contribution is -2.34. The maximum atomic E-state index is 13.4. The van der Waals surface area contributed by atoms with Crippen LogP contribution in [0.1, 0.15) is 62.9 Å². The summed E-state index contributed by atoms with van der Waals surface area (Å²) in [5, 5.41) is 0. The topological polar surface area (TPSA) is 113 Å². The lowest BCUT2D eigenvalue weighted by molar-refractivity contribution is 0.339. The van der Waals surface area contributed by atoms with E-state index in [2.05, 4.69) is 9.88 Å². The molecule has 1 N–H and O–H groups in total. The third kappa shape index (κ3) is 5.04. The number of aromatic nitrogens is 4. The first kappa shape index (κ1) is 25.9. The first-order chi connectivity index (χ1) is 17.8. The molecule has 200 valence electrons. The van der Waals surface area contributed by atoms with Gasteiger partial charge in [0.15, 0.2) is 5.65 Å². The number of aromatic amines is 1. The quantitative estimate of drug-likeness (QED) is 0.523. The van der Waals surface area contributed by atoms with E-state index in [4.69, 9.17) is 14.7 Å². The molecule has 0 bridgehead atoms. The summed E-state index contributed by atoms with van der Waals surface area (Å²) >= 11 is 0. The summed E-state index contributed by atoms with van der Waals surface area (Å²) in [6.07, 6.45) is 6.34. The van der Waals surface area contributed by atoms with Crippen LogP contribution in [0.15, 0.2) is 27.9 Å². The number of benzene rings is 1. The molecule has 2 aromatic heterocycles. The summed E-state index contributed by atoms with van der Waals surface area (Å²) < 4.78 is 35.9. The van der Waals surface area contributed by atoms with Crippen molar-refractivity contribution in [1.29, 1.82) is 0 Å². The van der Waals surface area contributed by atoms with Gasteiger partial charge in [-0.25, -0.2) is 27.6 Å². The van der Waals surface area contributed by atoms with Crippen LogP contribution in [0.2, 0.25) is 0 Å². The Morgan fingerprint density at radius 3 is 2.59 bits per heavy atom. The Bertz CT molecular complexity index is 1440. The third-order valence-corrected chi connectivity index (χ3v) is 9.38. The van der Waals surface area contributed by atoms with E-state index >= 15 is 0 Å². The van der Waals surface area contributed by atoms with Gasteiger partial charge in [0, 0.05) is 31.6 Å². The summed E-state index contributed by atoms with van der Waals surface area (Å²) in [6, 6.07) is 4.79. The van der Waals surface area contributed by atoms with Crippen molar-refractivity contribution in [3.63, 3.8) is 0 Å². The molecule has 1 saturated carbocycles. The molecular weight excluding hydrogens is 492 g/mol. The molecule has 1 aliphatic heterocycles. The van der Waals surface area contributed by atoms with Gasteiger partial charge in [0.2, 0.25) is 10.0 Å². The van der Waals surface area contributed by atoms with Gasteiger partial charge in [-0.2, -0.15) is 4.31 Å². The molecular formula is C26H36N6O4S. The molecule has 1 aromatic carbocycles. The van der Waals surface area contributed by atoms with Gasteiger partial charge in [0.05, 0.1) is 22.8 Å². The van der Waals surface area contributed by atoms with Gasteiger partial charge < -0.3 is 9.64 Å². The van der Waals surface area contributed by atoms with Crippen LogP contribution in [0, 0.1) is 6.92 Å². The second-order valence-electron chi connectivity index (χ2n) is 10.1. The van der Waals surface area contributed by atoms with Crippen molar-refractivity contribution in [3.05, 3.63) is 40.2 Å². The summed E-state index contributed by atoms with van der Waals surface area (Å²) in [4.78, 5) is 28.0. The number of imidazole rings is 1. The van der Waals surface area contributed by atoms with Gasteiger partial charge >= 0.3 is 5.69 Å². The molecule has 5 rings (SSSR count). The van der Waals surface area contributed by atoms with Crippen LogP contribution in [-0.2, 0) is 10.0 Å². The van der Waals surface area contributed by atoms with E-state index in [0.717, 1.165) is 44.5 Å². The zero-order valence-corrected chi connectivity index (χ0v) is 22.7. The lowest BCUT2D eigenvalue weighted by atomic mass is 9.89. The minimum atomic E-state index is -3.69. The number of nitrogens with zero attached hydrogens (tertiary/aromatic N) is 5. The monoisotopic (exact) mass is 528 g/mol. The van der Waals surface area contributed by atoms with Crippen LogP contribution in [-0.4, -0.2) is 76.8 Å². The number of ether oxygens (including phenoxy) is 1. The molecule has 3 heterocycles. The predicted molar refractivity (Wildman–Crippen MR) is 142 cm³/mol. The number of aryl methyl sites for hydroxylation is 1. The van der Waals surface area contributed by atoms with E-state index in [1.807, 2.05) is 20.9 Å². The molecule has 0 amide bonds. The highest BCUT2D eigenvalue weighted by atomic mass is 32.2. The molecule has 0 spiro atoms. The number of hydrogen-bond donors (Lipinski definition) is 1. The van der Waals surface area contributed by atoms with E-state index in [1.165, 1.54) is 10.7 Å². The Balaban J connectivity index is 1.54. The van der Waals surface area contributed by atoms with Crippen molar-refractivity contribution in [3.8, 4) is 17.1 Å². The minimum absolute atomic E-state index is 0.174. The molecule has 0 radical (unpaired) electrons. The lowest BCUT2D eigenvalue weighted by Gasteiger charge is -2.21. The number of nitrogens with one attached hydrogen (secondary N) is 1. The zero-order valence-electron chi connectivity index (χ0n) is 21.9. The summed E-state index contributed by atoms with van der Waals surface area (Å²) in [5.41, 5.74) is 1.47. The summed E-state index contributed by atoms with van der Waals surface area (Å²) in [5.74, 6) is 1.74. The van der Waals surface area contributed by atoms with Crippen LogP contribution in [0.4, 0.5) is 0 Å². The fraction of sp³-hybridized carbons (Fsp3) is 0.577. The maximum absolute atomic E-state index is 13.4. The van der Waals surface area contributed by atoms with Crippen molar-refractivity contribution in [2.24, 2.45) is 0 Å². The van der Waals surface area contributed by atoms with E-state index in [1.54, 1.807) is 22.6 Å². The van der Waals surface area contributed by atoms with E-state index < -0.39 is 10.0 Å². The molecule has 1 saturated heterocycles. The fourth-order valence-corrected chi connectivity index (χ4v) is 6.96. The summed E-state index contributed by atoms with van der Waals surface area (Å²) in [7, 11) is -1.68. The second kappa shape index (κ2) is 10.5. The van der Waals surface area contributed by atoms with Crippen LogP contribution in [0.25, 0.3) is 17.0 Å². The van der Waals surface area contributed by atoms with Gasteiger partial charge in [-0.3, -0.25) is 4.98 Å². The molecule has 10 nitrogen and oxygen atoms in total. The van der Waals surface area contributed by atoms with Crippen molar-refractivity contribution < 1.29 is 13.2 Å². The van der Waals surface area contributed by atoms with Crippen LogP contribution in [0.5, 0.6) is 5.75 Å². The highest BCUT2D eigenvalue weighted by molar-refractivity contribution is 7.89. The Hall–Kier alpha value is -2.76. The SMILES string of the molecule is CCOc1cc(S(=O)(=O)N2CCCN(C)CC2)ccc1-c1nc2c(C)nc(C3CCCCC3)n2c(=O)[nH]1. The number of hydrogen-bond acceptors (Lipinski definition) is 7. The van der Waals surface area contributed by atoms with Crippen molar-refractivity contribution in [1.82, 2.24) is 28.6 Å². The molecule has 2 aliphatic rings. The third-order valence-electron chi connectivity index (χ3n) is 7.49. The molecule has 2 fully saturated rings. The number of sulfonamides is 1. The Morgan fingerprint density at radius 1 is 1.05 bits per heavy atom. The highest BCUT2D eigenvalue weighted by Gasteiger charge is 2.28. The normalized spacial score (nSPS) is 18.8. The molecule has 0 unspecified atom stereocenters. The number of fused-ring (bicyclic) bond motifs is 1. The zero-order chi connectivity index (χ0) is 26.2. The molecule has 0 atom stereocenters. The van der Waals surface area contributed by atoms with Crippen molar-refractivity contribution >= 4 is 15.7 Å². The van der Waals surface area contributed by atoms with Gasteiger partial charge in [-0.1, -0.05) is 19.3 Å². The Labute approximate surface area is 217 Å².